The Morgan fingerprint density at radius 3 is 0.827 bits per heavy atom. The summed E-state index contributed by atoms with van der Waals surface area (Å²) in [7, 11) is 0. The molecule has 2 aliphatic heterocycles. The van der Waals surface area contributed by atoms with Crippen LogP contribution in [-0.4, -0.2) is 0 Å². The minimum atomic E-state index is -0.624. The predicted octanol–water partition coefficient (Wildman–Crippen LogP) is 35.0. The third-order valence-corrected chi connectivity index (χ3v) is 29.5. The van der Waals surface area contributed by atoms with Gasteiger partial charge in [0, 0.05) is 65.7 Å². The molecule has 4 nitrogen and oxygen atoms in total. The van der Waals surface area contributed by atoms with Crippen LogP contribution in [0.3, 0.4) is 0 Å². The highest BCUT2D eigenvalue weighted by atomic mass is 32.1. The Morgan fingerprint density at radius 1 is 0.165 bits per heavy atom. The molecule has 0 amide bonds. The van der Waals surface area contributed by atoms with Gasteiger partial charge in [-0.05, 0) is 284 Å². The van der Waals surface area contributed by atoms with E-state index in [2.05, 4.69) is 529 Å². The molecule has 133 heavy (non-hydrogen) atoms. The van der Waals surface area contributed by atoms with Crippen molar-refractivity contribution in [2.24, 2.45) is 0 Å². The van der Waals surface area contributed by atoms with Crippen LogP contribution in [0, 0.1) is 0 Å². The average molecular weight is 1710 g/mol. The smallest absolute Gasteiger partial charge is 0.0755 e. The topological polar surface area (TPSA) is 13.0 Å². The van der Waals surface area contributed by atoms with Crippen LogP contribution in [0.1, 0.15) is 44.5 Å². The minimum absolute atomic E-state index is 0.614. The fraction of sp³-hybridized carbons (Fsp3) is 0.0156. The van der Waals surface area contributed by atoms with Crippen molar-refractivity contribution >= 4 is 99.8 Å². The second-order valence-electron chi connectivity index (χ2n) is 35.3. The van der Waals surface area contributed by atoms with Crippen molar-refractivity contribution in [3.05, 3.63) is 554 Å². The molecular weight excluding hydrogens is 1630 g/mol. The van der Waals surface area contributed by atoms with Crippen LogP contribution in [0.4, 0.5) is 68.2 Å². The zero-order valence-electron chi connectivity index (χ0n) is 72.7. The maximum atomic E-state index is 2.50. The van der Waals surface area contributed by atoms with Crippen LogP contribution in [0.5, 0.6) is 0 Å². The third-order valence-electron chi connectivity index (χ3n) is 28.3. The number of rotatable bonds is 15. The van der Waals surface area contributed by atoms with Gasteiger partial charge in [-0.1, -0.05) is 370 Å². The zero-order valence-corrected chi connectivity index (χ0v) is 73.5. The van der Waals surface area contributed by atoms with E-state index in [1.54, 1.807) is 0 Å². The molecule has 2 aliphatic carbocycles. The van der Waals surface area contributed by atoms with E-state index in [0.717, 1.165) is 67.8 Å². The molecule has 0 bridgehead atoms. The molecule has 5 heteroatoms. The summed E-state index contributed by atoms with van der Waals surface area (Å²) in [4.78, 5) is 9.81. The highest BCUT2D eigenvalue weighted by molar-refractivity contribution is 7.26. The van der Waals surface area contributed by atoms with Gasteiger partial charge in [0.15, 0.2) is 0 Å². The largest absolute Gasteiger partial charge is 0.310 e. The monoisotopic (exact) mass is 1710 g/mol. The Morgan fingerprint density at radius 2 is 0.436 bits per heavy atom. The van der Waals surface area contributed by atoms with E-state index in [4.69, 9.17) is 0 Å². The summed E-state index contributed by atoms with van der Waals surface area (Å²) in [6, 6.07) is 190. The zero-order chi connectivity index (χ0) is 87.7. The lowest BCUT2D eigenvalue weighted by molar-refractivity contribution is 0.752. The molecular formula is C128H84N4S. The van der Waals surface area contributed by atoms with Crippen LogP contribution in [0.2, 0.25) is 0 Å². The van der Waals surface area contributed by atoms with Gasteiger partial charge in [0.05, 0.1) is 33.6 Å². The molecule has 21 aromatic carbocycles. The first-order valence-electron chi connectivity index (χ1n) is 45.9. The van der Waals surface area contributed by atoms with Crippen molar-refractivity contribution in [3.63, 3.8) is 0 Å². The summed E-state index contributed by atoms with van der Waals surface area (Å²) in [5.74, 6) is 0. The number of benzene rings is 21. The summed E-state index contributed by atoms with van der Waals surface area (Å²) in [5, 5.41) is 2.52. The maximum Gasteiger partial charge on any atom is 0.0755 e. The van der Waals surface area contributed by atoms with Gasteiger partial charge in [-0.25, -0.2) is 0 Å². The lowest BCUT2D eigenvalue weighted by atomic mass is 9.64. The van der Waals surface area contributed by atoms with E-state index in [-0.39, 0.29) is 0 Å². The van der Waals surface area contributed by atoms with Crippen molar-refractivity contribution < 1.29 is 0 Å². The third kappa shape index (κ3) is 12.4. The van der Waals surface area contributed by atoms with E-state index in [1.165, 1.54) is 165 Å². The summed E-state index contributed by atoms with van der Waals surface area (Å²) in [5.41, 5.74) is 43.8. The fourth-order valence-electron chi connectivity index (χ4n) is 22.3. The van der Waals surface area contributed by atoms with Gasteiger partial charge in [0.2, 0.25) is 0 Å². The lowest BCUT2D eigenvalue weighted by Gasteiger charge is -2.45. The normalized spacial score (nSPS) is 13.1. The molecule has 4 aliphatic rings. The number of hydrogen-bond donors (Lipinski definition) is 0. The van der Waals surface area contributed by atoms with E-state index in [1.807, 2.05) is 11.3 Å². The molecule has 0 N–H and O–H groups in total. The van der Waals surface area contributed by atoms with Crippen LogP contribution >= 0.6 is 11.3 Å². The summed E-state index contributed by atoms with van der Waals surface area (Å²) < 4.78 is 2.55. The SMILES string of the molecule is c1ccc(-c2ccc(-c3ccc(N(c4ccc(-c5ccc(-c6cccc(-c7cccc8c7sc7ccc(-c9ccc(N(c%10ccc(-c%11ccccc%11)cc%10)c%10ccc%11c(c%10)C%10(c%12ccccc%12-%11)c%11ccccc%11N(c%11ccccc%11)c%11ccccc%11%10)cc9)cc78)c6)cc5)cc4)c4ccc5c(c4)C4(c6ccccc6-5)c5ccccc5N(c5ccccc5)c5ccccc54)cc3)cc2)cc1. The maximum absolute atomic E-state index is 2.50. The highest BCUT2D eigenvalue weighted by Gasteiger charge is 2.54. The second kappa shape index (κ2) is 31.5. The Labute approximate surface area is 778 Å². The van der Waals surface area contributed by atoms with E-state index < -0.39 is 10.8 Å². The van der Waals surface area contributed by atoms with Gasteiger partial charge < -0.3 is 19.6 Å². The van der Waals surface area contributed by atoms with E-state index in [9.17, 15) is 0 Å². The van der Waals surface area contributed by atoms with Gasteiger partial charge >= 0.3 is 0 Å². The first-order chi connectivity index (χ1) is 65.9. The van der Waals surface area contributed by atoms with E-state index in [0.29, 0.717) is 0 Å². The number of hydrogen-bond acceptors (Lipinski definition) is 5. The molecule has 22 aromatic rings. The van der Waals surface area contributed by atoms with Crippen molar-refractivity contribution in [3.8, 4) is 100 Å². The van der Waals surface area contributed by atoms with Crippen molar-refractivity contribution in [1.29, 1.82) is 0 Å². The molecule has 3 heterocycles. The molecule has 0 unspecified atom stereocenters. The predicted molar refractivity (Wildman–Crippen MR) is 558 cm³/mol. The van der Waals surface area contributed by atoms with Crippen molar-refractivity contribution in [1.82, 2.24) is 0 Å². The first-order valence-corrected chi connectivity index (χ1v) is 46.7. The fourth-order valence-corrected chi connectivity index (χ4v) is 23.5. The van der Waals surface area contributed by atoms with Gasteiger partial charge in [0.25, 0.3) is 0 Å². The van der Waals surface area contributed by atoms with Crippen LogP contribution in [0.15, 0.2) is 510 Å². The number of para-hydroxylation sites is 6. The standard InChI is InChI=1S/C128H84N4S/c1-5-27-85(28-6-1)87-51-53-88(54-52-87)91-61-70-101(71-62-91)129(104-76-78-109-107-37-13-15-41-113(107)127(119(109)83-104)115-43-17-21-47-121(115)131(98-33-9-3-10-34-98)122-48-22-18-44-116(122)127)102-72-63-92(64-73-102)89-55-57-93(58-56-89)95-31-25-32-97(81-95)106-39-26-40-111-112-82-96(67-80-125(112)133-126(106)111)94-65-74-103(75-66-94)130(100-68-59-90(60-69-100)86-29-7-2-8-30-86)105-77-79-110-108-38-14-16-42-114(108)128(120(110)84-105)117-45-19-23-49-123(117)132(99-35-11-4-12-36-99)124-50-24-20-46-118(124)128/h1-84H. The molecule has 1 aromatic heterocycles. The Hall–Kier alpha value is -17.0. The number of fused-ring (bicyclic) bond motifs is 21. The molecule has 0 atom stereocenters. The quantitative estimate of drug-likeness (QED) is 0.101. The van der Waals surface area contributed by atoms with E-state index >= 15 is 0 Å². The van der Waals surface area contributed by atoms with Crippen LogP contribution < -0.4 is 19.6 Å². The Bertz CT molecular complexity index is 8180. The van der Waals surface area contributed by atoms with Crippen molar-refractivity contribution in [2.45, 2.75) is 10.8 Å². The van der Waals surface area contributed by atoms with Crippen LogP contribution in [-0.2, 0) is 10.8 Å². The minimum Gasteiger partial charge on any atom is -0.310 e. The Kier molecular flexibility index (Phi) is 18.3. The molecule has 0 fully saturated rings. The van der Waals surface area contributed by atoms with Crippen molar-refractivity contribution in [2.75, 3.05) is 19.6 Å². The summed E-state index contributed by atoms with van der Waals surface area (Å²) in [6.45, 7) is 0. The lowest BCUT2D eigenvalue weighted by Crippen LogP contribution is -2.36. The molecule has 0 saturated carbocycles. The van der Waals surface area contributed by atoms with Gasteiger partial charge in [-0.2, -0.15) is 0 Å². The molecule has 622 valence electrons. The molecule has 0 radical (unpaired) electrons. The number of nitrogens with zero attached hydrogens (tertiary/aromatic N) is 4. The molecule has 26 rings (SSSR count). The molecule has 0 saturated heterocycles. The van der Waals surface area contributed by atoms with Gasteiger partial charge in [-0.15, -0.1) is 11.3 Å². The molecule has 2 spiro atoms. The highest BCUT2D eigenvalue weighted by Crippen LogP contribution is 2.67. The number of anilines is 12. The average Bonchev–Trinajstić information content (AvgIpc) is 1.53. The van der Waals surface area contributed by atoms with Gasteiger partial charge in [0.1, 0.15) is 0 Å². The van der Waals surface area contributed by atoms with Crippen LogP contribution in [0.25, 0.3) is 120 Å². The summed E-state index contributed by atoms with van der Waals surface area (Å²) in [6.07, 6.45) is 0. The summed E-state index contributed by atoms with van der Waals surface area (Å²) >= 11 is 1.88. The van der Waals surface area contributed by atoms with Gasteiger partial charge in [-0.3, -0.25) is 0 Å². The Balaban J connectivity index is 0.513. The number of thiophene rings is 1. The first kappa shape index (κ1) is 77.2. The second-order valence-corrected chi connectivity index (χ2v) is 36.3.